The number of hydrogen-bond acceptors (Lipinski definition) is 4. The molecule has 2 aromatic heterocycles. The van der Waals surface area contributed by atoms with E-state index in [2.05, 4.69) is 75.4 Å². The van der Waals surface area contributed by atoms with Gasteiger partial charge >= 0.3 is 0 Å². The lowest BCUT2D eigenvalue weighted by Gasteiger charge is -2.22. The highest BCUT2D eigenvalue weighted by Crippen LogP contribution is 2.29. The van der Waals surface area contributed by atoms with E-state index in [1.54, 1.807) is 0 Å². The zero-order chi connectivity index (χ0) is 22.2. The highest BCUT2D eigenvalue weighted by Gasteiger charge is 2.25. The standard InChI is InChI=1S/C26H29N5/c1-25(2,3)23-28-21(29-24(30-23)26(4,5)6)18-11-10-12-19(17-18)22-27-15-16-31(22)20-13-8-7-9-14-20/h7-17H,1-6H3. The summed E-state index contributed by atoms with van der Waals surface area (Å²) < 4.78 is 2.09. The van der Waals surface area contributed by atoms with Crippen molar-refractivity contribution >= 4 is 0 Å². The first-order chi connectivity index (χ1) is 14.6. The van der Waals surface area contributed by atoms with Crippen LogP contribution in [0.5, 0.6) is 0 Å². The third-order valence-corrected chi connectivity index (χ3v) is 5.03. The second-order valence-corrected chi connectivity index (χ2v) is 9.84. The number of imidazole rings is 1. The molecule has 0 aliphatic heterocycles. The van der Waals surface area contributed by atoms with E-state index in [9.17, 15) is 0 Å². The third-order valence-electron chi connectivity index (χ3n) is 5.03. The van der Waals surface area contributed by atoms with Gasteiger partial charge in [0.05, 0.1) is 0 Å². The molecule has 2 heterocycles. The fourth-order valence-electron chi connectivity index (χ4n) is 3.29. The van der Waals surface area contributed by atoms with Gasteiger partial charge in [-0.1, -0.05) is 77.9 Å². The molecule has 0 spiro atoms. The van der Waals surface area contributed by atoms with Crippen LogP contribution < -0.4 is 0 Å². The molecule has 5 heteroatoms. The van der Waals surface area contributed by atoms with E-state index in [0.717, 1.165) is 34.3 Å². The lowest BCUT2D eigenvalue weighted by atomic mass is 9.93. The van der Waals surface area contributed by atoms with Crippen molar-refractivity contribution in [3.63, 3.8) is 0 Å². The van der Waals surface area contributed by atoms with Crippen molar-refractivity contribution in [3.8, 4) is 28.5 Å². The summed E-state index contributed by atoms with van der Waals surface area (Å²) in [6.07, 6.45) is 3.81. The zero-order valence-electron chi connectivity index (χ0n) is 19.1. The summed E-state index contributed by atoms with van der Waals surface area (Å²) in [7, 11) is 0. The van der Waals surface area contributed by atoms with Crippen molar-refractivity contribution in [3.05, 3.63) is 78.6 Å². The van der Waals surface area contributed by atoms with Gasteiger partial charge in [0.15, 0.2) is 5.82 Å². The van der Waals surface area contributed by atoms with Gasteiger partial charge < -0.3 is 0 Å². The molecule has 0 fully saturated rings. The second kappa shape index (κ2) is 7.73. The Morgan fingerprint density at radius 1 is 0.677 bits per heavy atom. The van der Waals surface area contributed by atoms with Crippen molar-refractivity contribution in [2.24, 2.45) is 0 Å². The maximum Gasteiger partial charge on any atom is 0.163 e. The zero-order valence-corrected chi connectivity index (χ0v) is 19.1. The van der Waals surface area contributed by atoms with Crippen LogP contribution in [-0.4, -0.2) is 24.5 Å². The minimum absolute atomic E-state index is 0.168. The maximum atomic E-state index is 4.84. The average Bonchev–Trinajstić information content (AvgIpc) is 3.23. The van der Waals surface area contributed by atoms with Crippen LogP contribution in [0, 0.1) is 0 Å². The number of rotatable bonds is 3. The molecule has 0 aliphatic rings. The number of aromatic nitrogens is 5. The van der Waals surface area contributed by atoms with Gasteiger partial charge in [0, 0.05) is 40.0 Å². The first kappa shape index (κ1) is 20.9. The lowest BCUT2D eigenvalue weighted by Crippen LogP contribution is -2.24. The van der Waals surface area contributed by atoms with E-state index >= 15 is 0 Å². The van der Waals surface area contributed by atoms with Gasteiger partial charge in [0.2, 0.25) is 0 Å². The Kier molecular flexibility index (Phi) is 5.21. The average molecular weight is 412 g/mol. The highest BCUT2D eigenvalue weighted by molar-refractivity contribution is 5.67. The molecular formula is C26H29N5. The van der Waals surface area contributed by atoms with E-state index in [4.69, 9.17) is 15.0 Å². The summed E-state index contributed by atoms with van der Waals surface area (Å²) in [6.45, 7) is 12.8. The number of hydrogen-bond donors (Lipinski definition) is 0. The van der Waals surface area contributed by atoms with Crippen LogP contribution in [0.4, 0.5) is 0 Å². The van der Waals surface area contributed by atoms with Crippen LogP contribution in [0.3, 0.4) is 0 Å². The molecule has 158 valence electrons. The highest BCUT2D eigenvalue weighted by atomic mass is 15.1. The summed E-state index contributed by atoms with van der Waals surface area (Å²) >= 11 is 0. The lowest BCUT2D eigenvalue weighted by molar-refractivity contribution is 0.497. The van der Waals surface area contributed by atoms with Gasteiger partial charge in [-0.3, -0.25) is 4.57 Å². The molecule has 0 saturated heterocycles. The SMILES string of the molecule is CC(C)(C)c1nc(-c2cccc(-c3nccn3-c3ccccc3)c2)nc(C(C)(C)C)n1. The van der Waals surface area contributed by atoms with Gasteiger partial charge in [-0.05, 0) is 18.2 Å². The Morgan fingerprint density at radius 2 is 1.29 bits per heavy atom. The van der Waals surface area contributed by atoms with E-state index < -0.39 is 0 Å². The van der Waals surface area contributed by atoms with E-state index in [1.807, 2.05) is 42.7 Å². The van der Waals surface area contributed by atoms with Gasteiger partial charge in [-0.2, -0.15) is 0 Å². The molecule has 2 aromatic carbocycles. The van der Waals surface area contributed by atoms with Crippen molar-refractivity contribution in [2.75, 3.05) is 0 Å². The van der Waals surface area contributed by atoms with Crippen molar-refractivity contribution in [1.29, 1.82) is 0 Å². The summed E-state index contributed by atoms with van der Waals surface area (Å²) in [5.74, 6) is 3.19. The Labute approximate surface area is 184 Å². The van der Waals surface area contributed by atoms with Crippen LogP contribution in [0.25, 0.3) is 28.5 Å². The topological polar surface area (TPSA) is 56.5 Å². The molecule has 0 amide bonds. The fraction of sp³-hybridized carbons (Fsp3) is 0.308. The third kappa shape index (κ3) is 4.41. The Morgan fingerprint density at radius 3 is 1.90 bits per heavy atom. The molecule has 0 radical (unpaired) electrons. The van der Waals surface area contributed by atoms with Gasteiger partial charge in [-0.15, -0.1) is 0 Å². The second-order valence-electron chi connectivity index (χ2n) is 9.84. The van der Waals surface area contributed by atoms with Gasteiger partial charge in [0.1, 0.15) is 17.5 Å². The predicted molar refractivity (Wildman–Crippen MR) is 125 cm³/mol. The van der Waals surface area contributed by atoms with Gasteiger partial charge in [-0.25, -0.2) is 19.9 Å². The van der Waals surface area contributed by atoms with E-state index in [1.165, 1.54) is 0 Å². The minimum Gasteiger partial charge on any atom is -0.300 e. The van der Waals surface area contributed by atoms with E-state index in [-0.39, 0.29) is 10.8 Å². The molecule has 0 N–H and O–H groups in total. The predicted octanol–water partition coefficient (Wildman–Crippen LogP) is 5.99. The molecule has 4 aromatic rings. The Balaban J connectivity index is 1.83. The molecule has 0 bridgehead atoms. The molecule has 31 heavy (non-hydrogen) atoms. The quantitative estimate of drug-likeness (QED) is 0.416. The minimum atomic E-state index is -0.168. The monoisotopic (exact) mass is 411 g/mol. The molecular weight excluding hydrogens is 382 g/mol. The molecule has 0 saturated carbocycles. The van der Waals surface area contributed by atoms with Crippen molar-refractivity contribution in [2.45, 2.75) is 52.4 Å². The molecule has 5 nitrogen and oxygen atoms in total. The summed E-state index contributed by atoms with van der Waals surface area (Å²) in [5.41, 5.74) is 2.71. The van der Waals surface area contributed by atoms with E-state index in [0.29, 0.717) is 5.82 Å². The van der Waals surface area contributed by atoms with Crippen molar-refractivity contribution in [1.82, 2.24) is 24.5 Å². The summed E-state index contributed by atoms with van der Waals surface area (Å²) in [6, 6.07) is 18.5. The Bertz CT molecular complexity index is 1160. The number of para-hydroxylation sites is 1. The molecule has 0 unspecified atom stereocenters. The number of benzene rings is 2. The molecule has 4 rings (SSSR count). The van der Waals surface area contributed by atoms with Crippen LogP contribution in [0.15, 0.2) is 67.0 Å². The molecule has 0 atom stereocenters. The van der Waals surface area contributed by atoms with Crippen LogP contribution >= 0.6 is 0 Å². The smallest absolute Gasteiger partial charge is 0.163 e. The summed E-state index contributed by atoms with van der Waals surface area (Å²) in [5, 5.41) is 0. The first-order valence-corrected chi connectivity index (χ1v) is 10.6. The largest absolute Gasteiger partial charge is 0.300 e. The van der Waals surface area contributed by atoms with Crippen molar-refractivity contribution < 1.29 is 0 Å². The first-order valence-electron chi connectivity index (χ1n) is 10.6. The van der Waals surface area contributed by atoms with Crippen LogP contribution in [0.1, 0.15) is 53.2 Å². The fourth-order valence-corrected chi connectivity index (χ4v) is 3.29. The normalized spacial score (nSPS) is 12.2. The van der Waals surface area contributed by atoms with Crippen LogP contribution in [0.2, 0.25) is 0 Å². The Hall–Kier alpha value is -3.34. The maximum absolute atomic E-state index is 4.84. The van der Waals surface area contributed by atoms with Crippen LogP contribution in [-0.2, 0) is 10.8 Å². The van der Waals surface area contributed by atoms with Gasteiger partial charge in [0.25, 0.3) is 0 Å². The summed E-state index contributed by atoms with van der Waals surface area (Å²) in [4.78, 5) is 19.1. The number of nitrogens with zero attached hydrogens (tertiary/aromatic N) is 5. The molecule has 0 aliphatic carbocycles.